The van der Waals surface area contributed by atoms with Crippen LogP contribution in [0.25, 0.3) is 0 Å². The first-order chi connectivity index (χ1) is 10.1. The Kier molecular flexibility index (Phi) is 4.93. The lowest BCUT2D eigenvalue weighted by atomic mass is 10.2. The molecule has 1 N–H and O–H groups in total. The molecule has 0 saturated carbocycles. The number of nitrogens with zero attached hydrogens (tertiary/aromatic N) is 2. The van der Waals surface area contributed by atoms with Crippen LogP contribution in [0.15, 0.2) is 48.7 Å². The summed E-state index contributed by atoms with van der Waals surface area (Å²) in [4.78, 5) is 18.5. The average molecular weight is 283 g/mol. The Hall–Kier alpha value is -2.36. The molecule has 2 aromatic rings. The first-order valence-electron chi connectivity index (χ1n) is 7.21. The molecule has 0 atom stereocenters. The van der Waals surface area contributed by atoms with Crippen molar-refractivity contribution in [2.24, 2.45) is 0 Å². The van der Waals surface area contributed by atoms with Gasteiger partial charge in [-0.25, -0.2) is 4.98 Å². The number of aromatic nitrogens is 1. The molecule has 0 aliphatic rings. The predicted molar refractivity (Wildman–Crippen MR) is 86.8 cm³/mol. The summed E-state index contributed by atoms with van der Waals surface area (Å²) in [6.07, 6.45) is 1.70. The molecule has 110 valence electrons. The van der Waals surface area contributed by atoms with Crippen molar-refractivity contribution in [3.8, 4) is 0 Å². The normalized spacial score (nSPS) is 10.5. The van der Waals surface area contributed by atoms with Crippen molar-refractivity contribution in [1.82, 2.24) is 4.98 Å². The summed E-state index contributed by atoms with van der Waals surface area (Å²) in [6, 6.07) is 13.6. The first-order valence-corrected chi connectivity index (χ1v) is 7.21. The number of para-hydroxylation sites is 1. The van der Waals surface area contributed by atoms with Crippen molar-refractivity contribution in [3.05, 3.63) is 54.4 Å². The highest BCUT2D eigenvalue weighted by molar-refractivity contribution is 6.04. The number of benzene rings is 1. The molecule has 0 spiro atoms. The summed E-state index contributed by atoms with van der Waals surface area (Å²) < 4.78 is 0. The van der Waals surface area contributed by atoms with E-state index in [0.717, 1.165) is 11.4 Å². The topological polar surface area (TPSA) is 45.2 Å². The van der Waals surface area contributed by atoms with E-state index in [1.165, 1.54) is 0 Å². The van der Waals surface area contributed by atoms with Gasteiger partial charge in [0.15, 0.2) is 0 Å². The number of pyridine rings is 1. The molecule has 1 amide bonds. The van der Waals surface area contributed by atoms with Gasteiger partial charge in [0.1, 0.15) is 5.69 Å². The van der Waals surface area contributed by atoms with E-state index < -0.39 is 0 Å². The summed E-state index contributed by atoms with van der Waals surface area (Å²) in [5.41, 5.74) is 2.26. The zero-order chi connectivity index (χ0) is 15.2. The molecule has 1 aromatic heterocycles. The van der Waals surface area contributed by atoms with Crippen molar-refractivity contribution in [2.45, 2.75) is 26.8 Å². The Balaban J connectivity index is 2.18. The number of hydrogen-bond acceptors (Lipinski definition) is 3. The number of nitrogens with one attached hydrogen (secondary N) is 1. The quantitative estimate of drug-likeness (QED) is 0.912. The maximum atomic E-state index is 12.6. The minimum absolute atomic E-state index is 0.0835. The number of carbonyl (C=O) groups excluding carboxylic acids is 1. The molecule has 0 saturated heterocycles. The molecule has 21 heavy (non-hydrogen) atoms. The first kappa shape index (κ1) is 15.0. The number of anilines is 2. The van der Waals surface area contributed by atoms with Crippen molar-refractivity contribution in [1.29, 1.82) is 0 Å². The van der Waals surface area contributed by atoms with Gasteiger partial charge in [-0.05, 0) is 45.0 Å². The summed E-state index contributed by atoms with van der Waals surface area (Å²) in [7, 11) is 0. The summed E-state index contributed by atoms with van der Waals surface area (Å²) >= 11 is 0. The highest BCUT2D eigenvalue weighted by Crippen LogP contribution is 2.16. The van der Waals surface area contributed by atoms with E-state index in [-0.39, 0.29) is 5.91 Å². The lowest BCUT2D eigenvalue weighted by Crippen LogP contribution is -2.31. The van der Waals surface area contributed by atoms with Gasteiger partial charge in [-0.1, -0.05) is 18.2 Å². The summed E-state index contributed by atoms with van der Waals surface area (Å²) in [5.74, 6) is -0.0835. The van der Waals surface area contributed by atoms with Gasteiger partial charge in [0.2, 0.25) is 0 Å². The fourth-order valence-electron chi connectivity index (χ4n) is 2.13. The molecule has 2 rings (SSSR count). The second-order valence-electron chi connectivity index (χ2n) is 5.12. The van der Waals surface area contributed by atoms with Crippen LogP contribution in [0.5, 0.6) is 0 Å². The van der Waals surface area contributed by atoms with Crippen LogP contribution >= 0.6 is 0 Å². The lowest BCUT2D eigenvalue weighted by Gasteiger charge is -2.20. The second kappa shape index (κ2) is 6.88. The molecule has 1 heterocycles. The van der Waals surface area contributed by atoms with E-state index in [1.54, 1.807) is 17.2 Å². The van der Waals surface area contributed by atoms with Crippen molar-refractivity contribution in [2.75, 3.05) is 16.8 Å². The molecule has 0 fully saturated rings. The monoisotopic (exact) mass is 283 g/mol. The molecular weight excluding hydrogens is 262 g/mol. The van der Waals surface area contributed by atoms with Gasteiger partial charge < -0.3 is 10.2 Å². The fourth-order valence-corrected chi connectivity index (χ4v) is 2.13. The molecule has 0 unspecified atom stereocenters. The van der Waals surface area contributed by atoms with Crippen LogP contribution in [-0.2, 0) is 0 Å². The van der Waals surface area contributed by atoms with Gasteiger partial charge in [0.25, 0.3) is 5.91 Å². The van der Waals surface area contributed by atoms with Crippen LogP contribution in [0, 0.1) is 0 Å². The number of amides is 1. The van der Waals surface area contributed by atoms with Gasteiger partial charge in [-0.3, -0.25) is 4.79 Å². The van der Waals surface area contributed by atoms with Crippen LogP contribution in [0.2, 0.25) is 0 Å². The second-order valence-corrected chi connectivity index (χ2v) is 5.12. The third-order valence-electron chi connectivity index (χ3n) is 3.07. The molecular formula is C17H21N3O. The molecule has 0 bridgehead atoms. The zero-order valence-electron chi connectivity index (χ0n) is 12.7. The third kappa shape index (κ3) is 3.81. The number of rotatable bonds is 5. The highest BCUT2D eigenvalue weighted by Gasteiger charge is 2.16. The fraction of sp³-hybridized carbons (Fsp3) is 0.294. The minimum atomic E-state index is -0.0835. The predicted octanol–water partition coefficient (Wildman–Crippen LogP) is 3.57. The van der Waals surface area contributed by atoms with Crippen LogP contribution in [-0.4, -0.2) is 23.5 Å². The van der Waals surface area contributed by atoms with Crippen LogP contribution in [0.4, 0.5) is 11.4 Å². The maximum absolute atomic E-state index is 12.6. The number of hydrogen-bond donors (Lipinski definition) is 1. The summed E-state index contributed by atoms with van der Waals surface area (Å²) in [5, 5.41) is 3.26. The molecule has 0 aliphatic carbocycles. The van der Waals surface area contributed by atoms with Crippen LogP contribution < -0.4 is 10.2 Å². The van der Waals surface area contributed by atoms with E-state index in [1.807, 2.05) is 43.3 Å². The Bertz CT molecular complexity index is 579. The third-order valence-corrected chi connectivity index (χ3v) is 3.07. The Labute approximate surface area is 125 Å². The molecule has 0 radical (unpaired) electrons. The van der Waals surface area contributed by atoms with Gasteiger partial charge in [-0.2, -0.15) is 0 Å². The molecule has 0 aliphatic heterocycles. The van der Waals surface area contributed by atoms with Crippen molar-refractivity contribution < 1.29 is 4.79 Å². The van der Waals surface area contributed by atoms with Gasteiger partial charge >= 0.3 is 0 Å². The zero-order valence-corrected chi connectivity index (χ0v) is 12.7. The van der Waals surface area contributed by atoms with E-state index in [4.69, 9.17) is 0 Å². The van der Waals surface area contributed by atoms with Gasteiger partial charge in [0, 0.05) is 18.3 Å². The van der Waals surface area contributed by atoms with E-state index in [9.17, 15) is 4.79 Å². The Morgan fingerprint density at radius 1 is 1.19 bits per heavy atom. The lowest BCUT2D eigenvalue weighted by molar-refractivity contribution is 0.0983. The van der Waals surface area contributed by atoms with E-state index >= 15 is 0 Å². The van der Waals surface area contributed by atoms with E-state index in [2.05, 4.69) is 24.1 Å². The Morgan fingerprint density at radius 3 is 2.43 bits per heavy atom. The minimum Gasteiger partial charge on any atom is -0.382 e. The van der Waals surface area contributed by atoms with Crippen LogP contribution in [0.1, 0.15) is 31.3 Å². The van der Waals surface area contributed by atoms with Crippen molar-refractivity contribution >= 4 is 17.3 Å². The highest BCUT2D eigenvalue weighted by atomic mass is 16.2. The number of carbonyl (C=O) groups is 1. The maximum Gasteiger partial charge on any atom is 0.276 e. The van der Waals surface area contributed by atoms with Gasteiger partial charge in [0.05, 0.1) is 11.9 Å². The average Bonchev–Trinajstić information content (AvgIpc) is 2.49. The SMILES string of the molecule is CCN(C(=O)c1ccc(NC(C)C)cn1)c1ccccc1. The van der Waals surface area contributed by atoms with E-state index in [0.29, 0.717) is 18.3 Å². The van der Waals surface area contributed by atoms with Crippen LogP contribution in [0.3, 0.4) is 0 Å². The summed E-state index contributed by atoms with van der Waals surface area (Å²) in [6.45, 7) is 6.69. The largest absolute Gasteiger partial charge is 0.382 e. The smallest absolute Gasteiger partial charge is 0.276 e. The standard InChI is InChI=1S/C17H21N3O/c1-4-20(15-8-6-5-7-9-15)17(21)16-11-10-14(12-18-16)19-13(2)3/h5-13,19H,4H2,1-3H3. The van der Waals surface area contributed by atoms with Crippen molar-refractivity contribution in [3.63, 3.8) is 0 Å². The molecule has 4 nitrogen and oxygen atoms in total. The van der Waals surface area contributed by atoms with Gasteiger partial charge in [-0.15, -0.1) is 0 Å². The molecule has 1 aromatic carbocycles. The Morgan fingerprint density at radius 2 is 1.90 bits per heavy atom. The molecule has 4 heteroatoms.